The Morgan fingerprint density at radius 3 is 2.43 bits per heavy atom. The third-order valence-corrected chi connectivity index (χ3v) is 4.29. The summed E-state index contributed by atoms with van der Waals surface area (Å²) in [5, 5.41) is 0. The second kappa shape index (κ2) is 4.56. The number of hydrogen-bond acceptors (Lipinski definition) is 4. The fourth-order valence-electron chi connectivity index (χ4n) is 2.18. The van der Waals surface area contributed by atoms with E-state index in [9.17, 15) is 12.8 Å². The Balaban J connectivity index is 2.20. The SMILES string of the molecule is CS(=O)(=O)c1ccc(-n2c(N)nc3ccc(F)cc32)cc1. The Morgan fingerprint density at radius 2 is 1.81 bits per heavy atom. The van der Waals surface area contributed by atoms with E-state index >= 15 is 0 Å². The van der Waals surface area contributed by atoms with Crippen molar-refractivity contribution in [3.05, 3.63) is 48.3 Å². The van der Waals surface area contributed by atoms with Gasteiger partial charge in [0.2, 0.25) is 5.95 Å². The summed E-state index contributed by atoms with van der Waals surface area (Å²) in [4.78, 5) is 4.37. The number of nitrogen functional groups attached to an aromatic ring is 1. The molecule has 0 amide bonds. The minimum Gasteiger partial charge on any atom is -0.369 e. The zero-order chi connectivity index (χ0) is 15.2. The van der Waals surface area contributed by atoms with Gasteiger partial charge in [0.1, 0.15) is 5.82 Å². The summed E-state index contributed by atoms with van der Waals surface area (Å²) in [7, 11) is -3.26. The highest BCUT2D eigenvalue weighted by Crippen LogP contribution is 2.24. The van der Waals surface area contributed by atoms with Crippen molar-refractivity contribution < 1.29 is 12.8 Å². The molecule has 0 fully saturated rings. The Morgan fingerprint density at radius 1 is 1.14 bits per heavy atom. The average Bonchev–Trinajstić information content (AvgIpc) is 2.73. The normalized spacial score (nSPS) is 11.9. The van der Waals surface area contributed by atoms with Crippen LogP contribution in [0.3, 0.4) is 0 Å². The molecule has 1 aromatic heterocycles. The molecular weight excluding hydrogens is 293 g/mol. The molecule has 0 atom stereocenters. The van der Waals surface area contributed by atoms with Crippen molar-refractivity contribution in [1.29, 1.82) is 0 Å². The third kappa shape index (κ3) is 2.36. The molecule has 0 aliphatic heterocycles. The summed E-state index contributed by atoms with van der Waals surface area (Å²) >= 11 is 0. The fourth-order valence-corrected chi connectivity index (χ4v) is 2.81. The predicted octanol–water partition coefficient (Wildman–Crippen LogP) is 2.15. The van der Waals surface area contributed by atoms with Gasteiger partial charge in [-0.1, -0.05) is 0 Å². The first-order valence-electron chi connectivity index (χ1n) is 6.10. The quantitative estimate of drug-likeness (QED) is 0.787. The van der Waals surface area contributed by atoms with Crippen LogP contribution in [0.15, 0.2) is 47.4 Å². The number of hydrogen-bond donors (Lipinski definition) is 1. The first kappa shape index (κ1) is 13.6. The minimum atomic E-state index is -3.26. The average molecular weight is 305 g/mol. The summed E-state index contributed by atoms with van der Waals surface area (Å²) in [5.74, 6) is -0.181. The second-order valence-electron chi connectivity index (χ2n) is 4.70. The molecule has 0 saturated carbocycles. The van der Waals surface area contributed by atoms with Crippen LogP contribution in [-0.2, 0) is 9.84 Å². The summed E-state index contributed by atoms with van der Waals surface area (Å²) in [6, 6.07) is 10.4. The molecule has 21 heavy (non-hydrogen) atoms. The molecular formula is C14H12FN3O2S. The zero-order valence-corrected chi connectivity index (χ0v) is 11.9. The van der Waals surface area contributed by atoms with Gasteiger partial charge in [0.05, 0.1) is 15.9 Å². The lowest BCUT2D eigenvalue weighted by Crippen LogP contribution is -2.02. The fraction of sp³-hybridized carbons (Fsp3) is 0.0714. The van der Waals surface area contributed by atoms with Crippen molar-refractivity contribution >= 4 is 26.8 Å². The van der Waals surface area contributed by atoms with E-state index < -0.39 is 15.7 Å². The van der Waals surface area contributed by atoms with E-state index in [-0.39, 0.29) is 10.8 Å². The van der Waals surface area contributed by atoms with Gasteiger partial charge in [-0.05, 0) is 36.4 Å². The van der Waals surface area contributed by atoms with Crippen LogP contribution in [0.5, 0.6) is 0 Å². The molecule has 2 N–H and O–H groups in total. The molecule has 0 spiro atoms. The number of nitrogens with zero attached hydrogens (tertiary/aromatic N) is 2. The Hall–Kier alpha value is -2.41. The molecule has 7 heteroatoms. The van der Waals surface area contributed by atoms with Crippen LogP contribution in [0.2, 0.25) is 0 Å². The topological polar surface area (TPSA) is 78.0 Å². The highest BCUT2D eigenvalue weighted by Gasteiger charge is 2.12. The molecule has 0 saturated heterocycles. The maximum Gasteiger partial charge on any atom is 0.205 e. The van der Waals surface area contributed by atoms with Gasteiger partial charge in [-0.2, -0.15) is 0 Å². The lowest BCUT2D eigenvalue weighted by atomic mass is 10.2. The van der Waals surface area contributed by atoms with Crippen LogP contribution in [-0.4, -0.2) is 24.2 Å². The summed E-state index contributed by atoms with van der Waals surface area (Å²) in [6.07, 6.45) is 1.14. The molecule has 5 nitrogen and oxygen atoms in total. The first-order chi connectivity index (χ1) is 9.86. The van der Waals surface area contributed by atoms with Gasteiger partial charge in [0.15, 0.2) is 9.84 Å². The number of rotatable bonds is 2. The van der Waals surface area contributed by atoms with Crippen LogP contribution in [0, 0.1) is 5.82 Å². The molecule has 0 bridgehead atoms. The van der Waals surface area contributed by atoms with Crippen LogP contribution in [0.1, 0.15) is 0 Å². The number of aromatic nitrogens is 2. The molecule has 1 heterocycles. The number of anilines is 1. The number of sulfone groups is 1. The van der Waals surface area contributed by atoms with Crippen LogP contribution < -0.4 is 5.73 Å². The highest BCUT2D eigenvalue weighted by molar-refractivity contribution is 7.90. The van der Waals surface area contributed by atoms with Gasteiger partial charge in [-0.3, -0.25) is 4.57 Å². The number of nitrogens with two attached hydrogens (primary N) is 1. The number of benzene rings is 2. The third-order valence-electron chi connectivity index (χ3n) is 3.17. The molecule has 0 aliphatic carbocycles. The molecule has 3 aromatic rings. The Labute approximate surface area is 120 Å². The molecule has 108 valence electrons. The van der Waals surface area contributed by atoms with Gasteiger partial charge in [-0.15, -0.1) is 0 Å². The van der Waals surface area contributed by atoms with Gasteiger partial charge >= 0.3 is 0 Å². The smallest absolute Gasteiger partial charge is 0.205 e. The summed E-state index contributed by atoms with van der Waals surface area (Å²) < 4.78 is 37.9. The van der Waals surface area contributed by atoms with E-state index in [1.54, 1.807) is 22.8 Å². The van der Waals surface area contributed by atoms with Gasteiger partial charge in [0, 0.05) is 18.0 Å². The van der Waals surface area contributed by atoms with E-state index in [1.165, 1.54) is 24.3 Å². The summed E-state index contributed by atoms with van der Waals surface area (Å²) in [6.45, 7) is 0. The predicted molar refractivity (Wildman–Crippen MR) is 78.6 cm³/mol. The first-order valence-corrected chi connectivity index (χ1v) is 7.99. The number of fused-ring (bicyclic) bond motifs is 1. The van der Waals surface area contributed by atoms with Crippen molar-refractivity contribution in [3.8, 4) is 5.69 Å². The highest BCUT2D eigenvalue weighted by atomic mass is 32.2. The van der Waals surface area contributed by atoms with E-state index in [2.05, 4.69) is 4.98 Å². The van der Waals surface area contributed by atoms with Crippen molar-refractivity contribution in [2.45, 2.75) is 4.90 Å². The molecule has 3 rings (SSSR count). The van der Waals surface area contributed by atoms with Crippen molar-refractivity contribution in [2.24, 2.45) is 0 Å². The van der Waals surface area contributed by atoms with E-state index in [1.807, 2.05) is 0 Å². The van der Waals surface area contributed by atoms with Crippen molar-refractivity contribution in [3.63, 3.8) is 0 Å². The van der Waals surface area contributed by atoms with E-state index in [0.29, 0.717) is 16.7 Å². The standard InChI is InChI=1S/C14H12FN3O2S/c1-21(19,20)11-5-3-10(4-6-11)18-13-8-9(15)2-7-12(13)17-14(18)16/h2-8H,1H3,(H2,16,17). The van der Waals surface area contributed by atoms with Gasteiger partial charge < -0.3 is 5.73 Å². The number of halogens is 1. The van der Waals surface area contributed by atoms with Crippen LogP contribution >= 0.6 is 0 Å². The maximum absolute atomic E-state index is 13.4. The maximum atomic E-state index is 13.4. The molecule has 0 radical (unpaired) electrons. The molecule has 0 aliphatic rings. The lowest BCUT2D eigenvalue weighted by Gasteiger charge is -2.07. The van der Waals surface area contributed by atoms with E-state index in [0.717, 1.165) is 6.26 Å². The molecule has 0 unspecified atom stereocenters. The second-order valence-corrected chi connectivity index (χ2v) is 6.72. The van der Waals surface area contributed by atoms with Crippen LogP contribution in [0.25, 0.3) is 16.7 Å². The Bertz CT molecular complexity index is 931. The molecule has 2 aromatic carbocycles. The van der Waals surface area contributed by atoms with Crippen LogP contribution in [0.4, 0.5) is 10.3 Å². The number of imidazole rings is 1. The van der Waals surface area contributed by atoms with E-state index in [4.69, 9.17) is 5.73 Å². The van der Waals surface area contributed by atoms with Gasteiger partial charge in [-0.25, -0.2) is 17.8 Å². The van der Waals surface area contributed by atoms with Crippen molar-refractivity contribution in [1.82, 2.24) is 9.55 Å². The van der Waals surface area contributed by atoms with Gasteiger partial charge in [0.25, 0.3) is 0 Å². The zero-order valence-electron chi connectivity index (χ0n) is 11.1. The Kier molecular flexibility index (Phi) is 2.94. The summed E-state index contributed by atoms with van der Waals surface area (Å²) in [5.41, 5.74) is 7.59. The largest absolute Gasteiger partial charge is 0.369 e. The lowest BCUT2D eigenvalue weighted by molar-refractivity contribution is 0.602. The van der Waals surface area contributed by atoms with Crippen molar-refractivity contribution in [2.75, 3.05) is 12.0 Å². The monoisotopic (exact) mass is 305 g/mol. The minimum absolute atomic E-state index is 0.209.